The molecule has 2 unspecified atom stereocenters. The predicted molar refractivity (Wildman–Crippen MR) is 129 cm³/mol. The van der Waals surface area contributed by atoms with Gasteiger partial charge in [0, 0.05) is 18.5 Å². The maximum absolute atomic E-state index is 13.5. The van der Waals surface area contributed by atoms with E-state index in [9.17, 15) is 13.5 Å². The molecule has 0 radical (unpaired) electrons. The van der Waals surface area contributed by atoms with Gasteiger partial charge in [0.1, 0.15) is 23.7 Å². The maximum Gasteiger partial charge on any atom is 0.240 e. The van der Waals surface area contributed by atoms with Crippen molar-refractivity contribution < 1.29 is 27.7 Å². The molecule has 0 aromatic carbocycles. The van der Waals surface area contributed by atoms with E-state index in [-0.39, 0.29) is 36.9 Å². The number of aliphatic hydroxyl groups excluding tert-OH is 1. The summed E-state index contributed by atoms with van der Waals surface area (Å²) in [6.45, 7) is 6.64. The quantitative estimate of drug-likeness (QED) is 0.422. The van der Waals surface area contributed by atoms with Crippen molar-refractivity contribution in [1.82, 2.24) is 29.7 Å². The molecule has 0 bridgehead atoms. The first kappa shape index (κ1) is 25.7. The molecule has 194 valence electrons. The number of nitrogens with one attached hydrogen (secondary N) is 1. The number of hydrogen-bond donors (Lipinski definition) is 2. The molecule has 4 rings (SSSR count). The smallest absolute Gasteiger partial charge is 0.240 e. The molecule has 1 aliphatic rings. The number of sulfonamides is 1. The van der Waals surface area contributed by atoms with E-state index in [1.807, 2.05) is 6.92 Å². The Morgan fingerprint density at radius 3 is 2.58 bits per heavy atom. The van der Waals surface area contributed by atoms with E-state index in [4.69, 9.17) is 14.2 Å². The second-order valence-electron chi connectivity index (χ2n) is 8.64. The van der Waals surface area contributed by atoms with Crippen LogP contribution in [0.1, 0.15) is 44.3 Å². The van der Waals surface area contributed by atoms with Crippen LogP contribution in [-0.2, 0) is 14.8 Å². The lowest BCUT2D eigenvalue weighted by Gasteiger charge is -2.26. The summed E-state index contributed by atoms with van der Waals surface area (Å²) in [4.78, 5) is 13.0. The first-order chi connectivity index (χ1) is 17.1. The van der Waals surface area contributed by atoms with Crippen molar-refractivity contribution in [2.24, 2.45) is 0 Å². The zero-order valence-corrected chi connectivity index (χ0v) is 21.4. The molecule has 13 nitrogen and oxygen atoms in total. The Morgan fingerprint density at radius 1 is 1.22 bits per heavy atom. The lowest BCUT2D eigenvalue weighted by molar-refractivity contribution is 0.00152. The van der Waals surface area contributed by atoms with Gasteiger partial charge in [0.25, 0.3) is 0 Å². The number of anilines is 1. The van der Waals surface area contributed by atoms with Gasteiger partial charge in [0.2, 0.25) is 21.9 Å². The Balaban J connectivity index is 1.71. The second-order valence-corrected chi connectivity index (χ2v) is 10.7. The molecule has 2 N–H and O–H groups in total. The number of methoxy groups -OCH3 is 1. The number of aryl methyl sites for hydroxylation is 1. The van der Waals surface area contributed by atoms with Crippen LogP contribution in [0.15, 0.2) is 24.5 Å². The number of aromatic nitrogens is 6. The van der Waals surface area contributed by atoms with E-state index in [0.717, 1.165) is 5.56 Å². The summed E-state index contributed by atoms with van der Waals surface area (Å²) in [6, 6.07) is 2.62. The lowest BCUT2D eigenvalue weighted by atomic mass is 10.2. The van der Waals surface area contributed by atoms with Gasteiger partial charge in [-0.2, -0.15) is 0 Å². The number of pyridine rings is 1. The Bertz CT molecular complexity index is 1310. The van der Waals surface area contributed by atoms with Crippen LogP contribution in [0.5, 0.6) is 11.6 Å². The van der Waals surface area contributed by atoms with E-state index in [2.05, 4.69) is 29.9 Å². The van der Waals surface area contributed by atoms with Crippen molar-refractivity contribution in [2.75, 3.05) is 25.0 Å². The van der Waals surface area contributed by atoms with Crippen LogP contribution in [0, 0.1) is 6.92 Å². The zero-order valence-electron chi connectivity index (χ0n) is 20.6. The Hall–Kier alpha value is -3.36. The molecular weight excluding hydrogens is 490 g/mol. The summed E-state index contributed by atoms with van der Waals surface area (Å²) in [5.41, 5.74) is 1.15. The molecule has 4 heterocycles. The SMILES string of the molecule is COc1ccc2c(n1)-c1nnc(NS(=O)(=O)C(C)C(OC(C)C)c3ncc(C)cn3)n1[C@@H](CO)CO2. The molecule has 0 fully saturated rings. The van der Waals surface area contributed by atoms with Crippen LogP contribution in [0.4, 0.5) is 5.95 Å². The summed E-state index contributed by atoms with van der Waals surface area (Å²) in [5.74, 6) is 1.11. The van der Waals surface area contributed by atoms with Gasteiger partial charge in [-0.25, -0.2) is 23.4 Å². The van der Waals surface area contributed by atoms with Gasteiger partial charge in [0.05, 0.1) is 25.9 Å². The summed E-state index contributed by atoms with van der Waals surface area (Å²) in [5, 5.41) is 17.2. The number of fused-ring (bicyclic) bond motifs is 3. The van der Waals surface area contributed by atoms with Crippen LogP contribution >= 0.6 is 0 Å². The highest BCUT2D eigenvalue weighted by Gasteiger charge is 2.37. The number of nitrogens with zero attached hydrogens (tertiary/aromatic N) is 6. The van der Waals surface area contributed by atoms with Gasteiger partial charge in [-0.3, -0.25) is 9.29 Å². The van der Waals surface area contributed by atoms with Crippen LogP contribution < -0.4 is 14.2 Å². The molecule has 0 saturated carbocycles. The molecule has 0 saturated heterocycles. The van der Waals surface area contributed by atoms with Gasteiger partial charge in [-0.1, -0.05) is 0 Å². The molecule has 3 atom stereocenters. The lowest BCUT2D eigenvalue weighted by Crippen LogP contribution is -2.35. The molecule has 3 aromatic heterocycles. The largest absolute Gasteiger partial charge is 0.489 e. The number of aliphatic hydroxyl groups is 1. The average molecular weight is 520 g/mol. The van der Waals surface area contributed by atoms with Crippen LogP contribution in [0.25, 0.3) is 11.5 Å². The standard InChI is InChI=1S/C22H29N7O6S/c1-12(2)35-19(20-23-8-13(3)9-24-20)14(4)36(31,32)28-22-27-26-21-18-16(6-7-17(25-18)33-5)34-11-15(10-30)29(21)22/h6-9,12,14-15,19,30H,10-11H2,1-5H3,(H,27,28)/t14?,15-,19?/m0/s1. The molecule has 0 amide bonds. The highest BCUT2D eigenvalue weighted by atomic mass is 32.2. The Morgan fingerprint density at radius 2 is 1.94 bits per heavy atom. The fraction of sp³-hybridized carbons (Fsp3) is 0.500. The van der Waals surface area contributed by atoms with Crippen LogP contribution in [0.2, 0.25) is 0 Å². The summed E-state index contributed by atoms with van der Waals surface area (Å²) < 4.78 is 47.9. The maximum atomic E-state index is 13.5. The first-order valence-electron chi connectivity index (χ1n) is 11.3. The van der Waals surface area contributed by atoms with E-state index in [0.29, 0.717) is 17.3 Å². The molecule has 1 aliphatic heterocycles. The number of rotatable bonds is 9. The first-order valence-corrected chi connectivity index (χ1v) is 12.9. The summed E-state index contributed by atoms with van der Waals surface area (Å²) in [6.07, 6.45) is 1.98. The molecular formula is C22H29N7O6S. The fourth-order valence-corrected chi connectivity index (χ4v) is 4.78. The van der Waals surface area contributed by atoms with Crippen molar-refractivity contribution in [2.45, 2.75) is 51.2 Å². The minimum Gasteiger partial charge on any atom is -0.489 e. The van der Waals surface area contributed by atoms with Gasteiger partial charge in [-0.15, -0.1) is 10.2 Å². The minimum atomic E-state index is -4.10. The van der Waals surface area contributed by atoms with Crippen molar-refractivity contribution in [3.63, 3.8) is 0 Å². The van der Waals surface area contributed by atoms with Crippen molar-refractivity contribution in [1.29, 1.82) is 0 Å². The van der Waals surface area contributed by atoms with Gasteiger partial charge >= 0.3 is 0 Å². The molecule has 0 aliphatic carbocycles. The van der Waals surface area contributed by atoms with Gasteiger partial charge in [0.15, 0.2) is 17.3 Å². The third-order valence-corrected chi connectivity index (χ3v) is 7.27. The van der Waals surface area contributed by atoms with Crippen LogP contribution in [-0.4, -0.2) is 74.9 Å². The Kier molecular flexibility index (Phi) is 7.38. The second kappa shape index (κ2) is 10.3. The van der Waals surface area contributed by atoms with Crippen LogP contribution in [0.3, 0.4) is 0 Å². The van der Waals surface area contributed by atoms with Crippen molar-refractivity contribution >= 4 is 16.0 Å². The average Bonchev–Trinajstić information content (AvgIpc) is 3.17. The van der Waals surface area contributed by atoms with Crippen molar-refractivity contribution in [3.8, 4) is 23.1 Å². The minimum absolute atomic E-state index is 0.0448. The highest BCUT2D eigenvalue weighted by molar-refractivity contribution is 7.93. The third kappa shape index (κ3) is 5.10. The number of ether oxygens (including phenoxy) is 3. The highest BCUT2D eigenvalue weighted by Crippen LogP contribution is 2.36. The Labute approximate surface area is 208 Å². The summed E-state index contributed by atoms with van der Waals surface area (Å²) in [7, 11) is -2.63. The molecule has 36 heavy (non-hydrogen) atoms. The van der Waals surface area contributed by atoms with Gasteiger partial charge < -0.3 is 19.3 Å². The zero-order chi connectivity index (χ0) is 26.0. The monoisotopic (exact) mass is 519 g/mol. The predicted octanol–water partition coefficient (Wildman–Crippen LogP) is 1.67. The molecule has 14 heteroatoms. The topological polar surface area (TPSA) is 163 Å². The summed E-state index contributed by atoms with van der Waals surface area (Å²) >= 11 is 0. The van der Waals surface area contributed by atoms with Crippen molar-refractivity contribution in [3.05, 3.63) is 35.9 Å². The number of hydrogen-bond acceptors (Lipinski definition) is 11. The fourth-order valence-electron chi connectivity index (χ4n) is 3.69. The van der Waals surface area contributed by atoms with E-state index >= 15 is 0 Å². The van der Waals surface area contributed by atoms with E-state index in [1.165, 1.54) is 18.6 Å². The van der Waals surface area contributed by atoms with E-state index in [1.54, 1.807) is 38.4 Å². The molecule has 0 spiro atoms. The normalized spacial score (nSPS) is 16.9. The van der Waals surface area contributed by atoms with E-state index < -0.39 is 27.4 Å². The van der Waals surface area contributed by atoms with Gasteiger partial charge in [-0.05, 0) is 39.3 Å². The third-order valence-electron chi connectivity index (χ3n) is 5.58. The molecule has 3 aromatic rings.